The zero-order valence-corrected chi connectivity index (χ0v) is 23.1. The van der Waals surface area contributed by atoms with Gasteiger partial charge in [-0.25, -0.2) is 0 Å². The fourth-order valence-electron chi connectivity index (χ4n) is 7.21. The van der Waals surface area contributed by atoms with E-state index in [2.05, 4.69) is 39.4 Å². The van der Waals surface area contributed by atoms with Gasteiger partial charge in [0.25, 0.3) is 5.91 Å². The molecule has 0 bridgehead atoms. The van der Waals surface area contributed by atoms with E-state index in [0.717, 1.165) is 55.1 Å². The highest BCUT2D eigenvalue weighted by molar-refractivity contribution is 6.08. The molecular weight excluding hydrogens is 514 g/mol. The standard InChI is InChI=1S/C33H33N5O3/c1-36-30-9-5-4-8-28(30)31(26-6-2-3-7-27(26)33(36)40)38-18-23-16-37(17-24(23)19-38)29-11-10-25(14-22(29)15-34)35-32(39)21-12-13-41-20-21/h2-11,14,21,23-24,31H,12-13,16-20H2,1H3,(H,35,39). The molecule has 3 aromatic rings. The summed E-state index contributed by atoms with van der Waals surface area (Å²) in [5, 5.41) is 12.9. The number of fused-ring (bicyclic) bond motifs is 3. The van der Waals surface area contributed by atoms with E-state index < -0.39 is 0 Å². The number of para-hydroxylation sites is 1. The topological polar surface area (TPSA) is 88.9 Å². The molecule has 208 valence electrons. The molecule has 3 saturated heterocycles. The van der Waals surface area contributed by atoms with E-state index in [1.807, 2.05) is 49.5 Å². The van der Waals surface area contributed by atoms with Crippen LogP contribution in [0.3, 0.4) is 0 Å². The molecule has 1 N–H and O–H groups in total. The number of ether oxygens (including phenoxy) is 1. The Bertz CT molecular complexity index is 1540. The Hall–Kier alpha value is -4.19. The van der Waals surface area contributed by atoms with Gasteiger partial charge < -0.3 is 19.9 Å². The Labute approximate surface area is 240 Å². The molecule has 0 aliphatic carbocycles. The number of nitrogens with zero attached hydrogens (tertiary/aromatic N) is 4. The SMILES string of the molecule is CN1C(=O)c2ccccc2C(N2CC3CN(c4ccc(NC(=O)C5CCOC5)cc4C#N)CC3C2)c2ccccc21. The summed E-state index contributed by atoms with van der Waals surface area (Å²) < 4.78 is 5.34. The summed E-state index contributed by atoms with van der Waals surface area (Å²) in [6.45, 7) is 4.65. The second-order valence-corrected chi connectivity index (χ2v) is 11.7. The first-order valence-electron chi connectivity index (χ1n) is 14.4. The Kier molecular flexibility index (Phi) is 6.49. The predicted molar refractivity (Wildman–Crippen MR) is 157 cm³/mol. The molecule has 3 fully saturated rings. The lowest BCUT2D eigenvalue weighted by atomic mass is 9.93. The van der Waals surface area contributed by atoms with E-state index in [4.69, 9.17) is 4.74 Å². The van der Waals surface area contributed by atoms with Crippen LogP contribution in [0.25, 0.3) is 0 Å². The minimum absolute atomic E-state index is 0.0122. The molecule has 4 aliphatic heterocycles. The number of carbonyl (C=O) groups excluding carboxylic acids is 2. The van der Waals surface area contributed by atoms with Gasteiger partial charge in [-0.3, -0.25) is 14.5 Å². The van der Waals surface area contributed by atoms with Crippen molar-refractivity contribution in [2.24, 2.45) is 17.8 Å². The maximum absolute atomic E-state index is 13.4. The smallest absolute Gasteiger partial charge is 0.258 e. The van der Waals surface area contributed by atoms with Crippen LogP contribution < -0.4 is 15.1 Å². The number of anilines is 3. The minimum atomic E-state index is -0.132. The number of amides is 2. The van der Waals surface area contributed by atoms with Gasteiger partial charge in [0.15, 0.2) is 0 Å². The van der Waals surface area contributed by atoms with E-state index in [-0.39, 0.29) is 23.8 Å². The number of benzene rings is 3. The van der Waals surface area contributed by atoms with Gasteiger partial charge in [0.2, 0.25) is 5.91 Å². The van der Waals surface area contributed by atoms with Crippen LogP contribution in [0.15, 0.2) is 66.7 Å². The lowest BCUT2D eigenvalue weighted by Gasteiger charge is -2.31. The first-order valence-corrected chi connectivity index (χ1v) is 14.4. The first-order chi connectivity index (χ1) is 20.0. The largest absolute Gasteiger partial charge is 0.381 e. The number of rotatable bonds is 4. The van der Waals surface area contributed by atoms with Crippen molar-refractivity contribution in [3.8, 4) is 6.07 Å². The van der Waals surface area contributed by atoms with Crippen molar-refractivity contribution in [2.75, 3.05) is 61.6 Å². The van der Waals surface area contributed by atoms with Crippen molar-refractivity contribution in [1.82, 2.24) is 4.90 Å². The van der Waals surface area contributed by atoms with Crippen LogP contribution in [-0.2, 0) is 9.53 Å². The van der Waals surface area contributed by atoms with Gasteiger partial charge in [-0.2, -0.15) is 5.26 Å². The van der Waals surface area contributed by atoms with E-state index >= 15 is 0 Å². The van der Waals surface area contributed by atoms with Crippen LogP contribution >= 0.6 is 0 Å². The highest BCUT2D eigenvalue weighted by Crippen LogP contribution is 2.45. The van der Waals surface area contributed by atoms with E-state index in [0.29, 0.717) is 36.3 Å². The summed E-state index contributed by atoms with van der Waals surface area (Å²) in [7, 11) is 1.86. The van der Waals surface area contributed by atoms with Gasteiger partial charge >= 0.3 is 0 Å². The summed E-state index contributed by atoms with van der Waals surface area (Å²) in [6.07, 6.45) is 0.730. The molecule has 4 atom stereocenters. The number of nitriles is 1. The lowest BCUT2D eigenvalue weighted by Crippen LogP contribution is -2.33. The highest BCUT2D eigenvalue weighted by atomic mass is 16.5. The average molecular weight is 548 g/mol. The molecule has 4 aliphatic rings. The van der Waals surface area contributed by atoms with Gasteiger partial charge in [0.05, 0.1) is 29.8 Å². The van der Waals surface area contributed by atoms with Gasteiger partial charge in [0.1, 0.15) is 6.07 Å². The van der Waals surface area contributed by atoms with E-state index in [1.54, 1.807) is 11.0 Å². The number of likely N-dealkylation sites (tertiary alicyclic amines) is 1. The molecule has 3 aromatic carbocycles. The second-order valence-electron chi connectivity index (χ2n) is 11.7. The third kappa shape index (κ3) is 4.46. The van der Waals surface area contributed by atoms with Crippen LogP contribution in [0.4, 0.5) is 17.1 Å². The maximum atomic E-state index is 13.4. The number of nitrogens with one attached hydrogen (secondary N) is 1. The highest BCUT2D eigenvalue weighted by Gasteiger charge is 2.45. The van der Waals surface area contributed by atoms with Gasteiger partial charge in [-0.05, 0) is 59.7 Å². The summed E-state index contributed by atoms with van der Waals surface area (Å²) >= 11 is 0. The number of hydrogen-bond acceptors (Lipinski definition) is 6. The van der Waals surface area contributed by atoms with Crippen LogP contribution in [-0.4, -0.2) is 63.2 Å². The third-order valence-electron chi connectivity index (χ3n) is 9.29. The molecular formula is C33H33N5O3. The first kappa shape index (κ1) is 25.8. The van der Waals surface area contributed by atoms with Gasteiger partial charge in [-0.15, -0.1) is 0 Å². The molecule has 8 nitrogen and oxygen atoms in total. The van der Waals surface area contributed by atoms with Crippen LogP contribution in [0.2, 0.25) is 0 Å². The fourth-order valence-corrected chi connectivity index (χ4v) is 7.21. The second kappa shape index (κ2) is 10.3. The minimum Gasteiger partial charge on any atom is -0.381 e. The molecule has 0 aromatic heterocycles. The zero-order valence-electron chi connectivity index (χ0n) is 23.1. The Balaban J connectivity index is 1.11. The monoisotopic (exact) mass is 547 g/mol. The molecule has 8 heteroatoms. The van der Waals surface area contributed by atoms with Crippen LogP contribution in [0.5, 0.6) is 0 Å². The quantitative estimate of drug-likeness (QED) is 0.525. The molecule has 4 heterocycles. The number of hydrogen-bond donors (Lipinski definition) is 1. The molecule has 2 amide bonds. The van der Waals surface area contributed by atoms with E-state index in [1.165, 1.54) is 5.56 Å². The predicted octanol–water partition coefficient (Wildman–Crippen LogP) is 4.28. The molecule has 0 radical (unpaired) electrons. The average Bonchev–Trinajstić information content (AvgIpc) is 3.74. The molecule has 7 rings (SSSR count). The van der Waals surface area contributed by atoms with Crippen molar-refractivity contribution >= 4 is 28.9 Å². The molecule has 0 saturated carbocycles. The number of carbonyl (C=O) groups is 2. The van der Waals surface area contributed by atoms with Crippen molar-refractivity contribution in [3.05, 3.63) is 89.0 Å². The van der Waals surface area contributed by atoms with Crippen molar-refractivity contribution in [3.63, 3.8) is 0 Å². The fraction of sp³-hybridized carbons (Fsp3) is 0.364. The Morgan fingerprint density at radius 1 is 0.951 bits per heavy atom. The summed E-state index contributed by atoms with van der Waals surface area (Å²) in [6, 6.07) is 24.3. The van der Waals surface area contributed by atoms with Crippen LogP contribution in [0, 0.1) is 29.1 Å². The van der Waals surface area contributed by atoms with Crippen LogP contribution in [0.1, 0.15) is 39.5 Å². The maximum Gasteiger partial charge on any atom is 0.258 e. The normalized spacial score (nSPS) is 25.3. The Morgan fingerprint density at radius 2 is 1.68 bits per heavy atom. The van der Waals surface area contributed by atoms with Gasteiger partial charge in [0, 0.05) is 56.8 Å². The zero-order chi connectivity index (χ0) is 28.1. The van der Waals surface area contributed by atoms with Gasteiger partial charge in [-0.1, -0.05) is 36.4 Å². The summed E-state index contributed by atoms with van der Waals surface area (Å²) in [5.74, 6) is 0.761. The van der Waals surface area contributed by atoms with Crippen molar-refractivity contribution in [2.45, 2.75) is 12.5 Å². The third-order valence-corrected chi connectivity index (χ3v) is 9.29. The molecule has 0 spiro atoms. The molecule has 41 heavy (non-hydrogen) atoms. The summed E-state index contributed by atoms with van der Waals surface area (Å²) in [5.41, 5.74) is 6.12. The van der Waals surface area contributed by atoms with E-state index in [9.17, 15) is 14.9 Å². The molecule has 4 unspecified atom stereocenters. The summed E-state index contributed by atoms with van der Waals surface area (Å²) in [4.78, 5) is 32.6. The Morgan fingerprint density at radius 3 is 2.41 bits per heavy atom. The lowest BCUT2D eigenvalue weighted by molar-refractivity contribution is -0.119. The van der Waals surface area contributed by atoms with Crippen molar-refractivity contribution in [1.29, 1.82) is 5.26 Å². The van der Waals surface area contributed by atoms with Crippen molar-refractivity contribution < 1.29 is 14.3 Å².